The molecule has 0 fully saturated rings. The van der Waals surface area contributed by atoms with Crippen molar-refractivity contribution in [2.45, 2.75) is 39.2 Å². The Balaban J connectivity index is 1.73. The van der Waals surface area contributed by atoms with E-state index < -0.39 is 0 Å². The van der Waals surface area contributed by atoms with Crippen LogP contribution in [-0.4, -0.2) is 27.5 Å². The lowest BCUT2D eigenvalue weighted by atomic mass is 9.95. The van der Waals surface area contributed by atoms with E-state index in [1.807, 2.05) is 20.2 Å². The fourth-order valence-electron chi connectivity index (χ4n) is 2.97. The van der Waals surface area contributed by atoms with Gasteiger partial charge in [-0.3, -0.25) is 4.68 Å². The van der Waals surface area contributed by atoms with Crippen molar-refractivity contribution in [3.05, 3.63) is 34.0 Å². The summed E-state index contributed by atoms with van der Waals surface area (Å²) in [7, 11) is 1.88. The summed E-state index contributed by atoms with van der Waals surface area (Å²) in [5.74, 6) is -0.264. The zero-order valence-electron chi connectivity index (χ0n) is 14.4. The van der Waals surface area contributed by atoms with E-state index in [4.69, 9.17) is 17.0 Å². The average Bonchev–Trinajstić information content (AvgIpc) is 3.16. The molecule has 0 unspecified atom stereocenters. The van der Waals surface area contributed by atoms with E-state index in [-0.39, 0.29) is 5.97 Å². The van der Waals surface area contributed by atoms with E-state index >= 15 is 0 Å². The van der Waals surface area contributed by atoms with Gasteiger partial charge in [0.25, 0.3) is 0 Å². The number of nitrogens with one attached hydrogen (secondary N) is 2. The molecule has 0 saturated carbocycles. The van der Waals surface area contributed by atoms with Crippen molar-refractivity contribution in [2.75, 3.05) is 11.9 Å². The number of ether oxygens (including phenoxy) is 1. The van der Waals surface area contributed by atoms with Gasteiger partial charge in [-0.25, -0.2) is 4.79 Å². The van der Waals surface area contributed by atoms with Gasteiger partial charge in [0, 0.05) is 30.2 Å². The standard InChI is InChI=1S/C17H22N4O2S2/c1-3-23-16(22)14-12-6-4-5-7-13(12)25-15(14)20-17(24)18-8-11-9-19-21(2)10-11/h9-10H,3-8H2,1-2H3,(H2,18,20,24). The molecule has 2 aromatic heterocycles. The molecule has 0 atom stereocenters. The second-order valence-electron chi connectivity index (χ2n) is 5.97. The molecule has 25 heavy (non-hydrogen) atoms. The summed E-state index contributed by atoms with van der Waals surface area (Å²) in [5.41, 5.74) is 2.84. The van der Waals surface area contributed by atoms with Gasteiger partial charge >= 0.3 is 5.97 Å². The number of thiocarbonyl (C=S) groups is 1. The molecule has 0 bridgehead atoms. The van der Waals surface area contributed by atoms with E-state index in [9.17, 15) is 4.79 Å². The van der Waals surface area contributed by atoms with Crippen molar-refractivity contribution in [2.24, 2.45) is 7.05 Å². The van der Waals surface area contributed by atoms with Gasteiger partial charge in [0.1, 0.15) is 5.00 Å². The van der Waals surface area contributed by atoms with Gasteiger partial charge in [-0.15, -0.1) is 11.3 Å². The highest BCUT2D eigenvalue weighted by Crippen LogP contribution is 2.38. The minimum absolute atomic E-state index is 0.264. The monoisotopic (exact) mass is 378 g/mol. The fourth-order valence-corrected chi connectivity index (χ4v) is 4.49. The quantitative estimate of drug-likeness (QED) is 0.616. The number of fused-ring (bicyclic) bond motifs is 1. The van der Waals surface area contributed by atoms with Gasteiger partial charge in [-0.05, 0) is 50.4 Å². The lowest BCUT2D eigenvalue weighted by Crippen LogP contribution is -2.28. The molecule has 1 aliphatic rings. The van der Waals surface area contributed by atoms with Crippen LogP contribution in [0.1, 0.15) is 46.1 Å². The third-order valence-corrected chi connectivity index (χ3v) is 5.54. The Hall–Kier alpha value is -1.93. The molecule has 2 aromatic rings. The first-order chi connectivity index (χ1) is 12.1. The normalized spacial score (nSPS) is 13.2. The molecule has 0 aromatic carbocycles. The number of hydrogen-bond acceptors (Lipinski definition) is 5. The van der Waals surface area contributed by atoms with Crippen LogP contribution in [-0.2, 0) is 31.2 Å². The summed E-state index contributed by atoms with van der Waals surface area (Å²) in [6.07, 6.45) is 7.95. The smallest absolute Gasteiger partial charge is 0.341 e. The van der Waals surface area contributed by atoms with E-state index in [1.54, 1.807) is 22.2 Å². The van der Waals surface area contributed by atoms with Crippen molar-refractivity contribution in [3.8, 4) is 0 Å². The van der Waals surface area contributed by atoms with Crippen molar-refractivity contribution in [1.82, 2.24) is 15.1 Å². The van der Waals surface area contributed by atoms with Crippen molar-refractivity contribution in [3.63, 3.8) is 0 Å². The molecule has 0 radical (unpaired) electrons. The van der Waals surface area contributed by atoms with Crippen LogP contribution < -0.4 is 10.6 Å². The second-order valence-corrected chi connectivity index (χ2v) is 7.48. The van der Waals surface area contributed by atoms with Gasteiger partial charge < -0.3 is 15.4 Å². The Bertz CT molecular complexity index is 782. The lowest BCUT2D eigenvalue weighted by molar-refractivity contribution is 0.0526. The maximum atomic E-state index is 12.4. The molecule has 0 spiro atoms. The molecule has 8 heteroatoms. The van der Waals surface area contributed by atoms with Gasteiger partial charge in [0.2, 0.25) is 0 Å². The Morgan fingerprint density at radius 2 is 2.24 bits per heavy atom. The van der Waals surface area contributed by atoms with E-state index in [0.29, 0.717) is 23.8 Å². The lowest BCUT2D eigenvalue weighted by Gasteiger charge is -2.13. The molecule has 6 nitrogen and oxygen atoms in total. The van der Waals surface area contributed by atoms with E-state index in [0.717, 1.165) is 35.4 Å². The molecule has 0 amide bonds. The van der Waals surface area contributed by atoms with Crippen LogP contribution in [0, 0.1) is 0 Å². The summed E-state index contributed by atoms with van der Waals surface area (Å²) in [5, 5.41) is 11.8. The summed E-state index contributed by atoms with van der Waals surface area (Å²) < 4.78 is 7.01. The molecular weight excluding hydrogens is 356 g/mol. The topological polar surface area (TPSA) is 68.2 Å². The first-order valence-corrected chi connectivity index (χ1v) is 9.65. The first kappa shape index (κ1) is 17.9. The number of nitrogens with zero attached hydrogens (tertiary/aromatic N) is 2. The highest BCUT2D eigenvalue weighted by molar-refractivity contribution is 7.80. The van der Waals surface area contributed by atoms with Crippen LogP contribution >= 0.6 is 23.6 Å². The largest absolute Gasteiger partial charge is 0.462 e. The van der Waals surface area contributed by atoms with Gasteiger partial charge in [0.15, 0.2) is 5.11 Å². The highest BCUT2D eigenvalue weighted by atomic mass is 32.1. The number of aromatic nitrogens is 2. The number of carbonyl (C=O) groups excluding carboxylic acids is 1. The number of aryl methyl sites for hydroxylation is 2. The summed E-state index contributed by atoms with van der Waals surface area (Å²) in [6.45, 7) is 2.77. The first-order valence-electron chi connectivity index (χ1n) is 8.42. The van der Waals surface area contributed by atoms with Crippen LogP contribution in [0.2, 0.25) is 0 Å². The zero-order chi connectivity index (χ0) is 17.8. The fraction of sp³-hybridized carbons (Fsp3) is 0.471. The van der Waals surface area contributed by atoms with Gasteiger partial charge in [-0.1, -0.05) is 0 Å². The molecule has 0 aliphatic heterocycles. The predicted octanol–water partition coefficient (Wildman–Crippen LogP) is 3.02. The molecule has 2 heterocycles. The van der Waals surface area contributed by atoms with E-state index in [2.05, 4.69) is 15.7 Å². The SMILES string of the molecule is CCOC(=O)c1c(NC(=S)NCc2cnn(C)c2)sc2c1CCCC2. The Morgan fingerprint density at radius 1 is 1.44 bits per heavy atom. The summed E-state index contributed by atoms with van der Waals surface area (Å²) in [4.78, 5) is 13.7. The highest BCUT2D eigenvalue weighted by Gasteiger charge is 2.26. The third kappa shape index (κ3) is 4.19. The molecular formula is C17H22N4O2S2. The third-order valence-electron chi connectivity index (χ3n) is 4.09. The van der Waals surface area contributed by atoms with Crippen LogP contribution in [0.5, 0.6) is 0 Å². The minimum atomic E-state index is -0.264. The maximum Gasteiger partial charge on any atom is 0.341 e. The number of thiophene rings is 1. The van der Waals surface area contributed by atoms with Crippen molar-refractivity contribution >= 4 is 39.6 Å². The van der Waals surface area contributed by atoms with E-state index in [1.165, 1.54) is 11.3 Å². The number of hydrogen-bond donors (Lipinski definition) is 2. The minimum Gasteiger partial charge on any atom is -0.462 e. The van der Waals surface area contributed by atoms with Crippen LogP contribution in [0.4, 0.5) is 5.00 Å². The number of rotatable bonds is 5. The Morgan fingerprint density at radius 3 is 2.96 bits per heavy atom. The second kappa shape index (κ2) is 7.97. The number of carbonyl (C=O) groups is 1. The molecule has 0 saturated heterocycles. The van der Waals surface area contributed by atoms with Crippen LogP contribution in [0.15, 0.2) is 12.4 Å². The molecule has 1 aliphatic carbocycles. The number of esters is 1. The van der Waals surface area contributed by atoms with Crippen LogP contribution in [0.25, 0.3) is 0 Å². The Kier molecular flexibility index (Phi) is 5.70. The summed E-state index contributed by atoms with van der Waals surface area (Å²) >= 11 is 7.01. The zero-order valence-corrected chi connectivity index (χ0v) is 16.1. The van der Waals surface area contributed by atoms with Crippen LogP contribution in [0.3, 0.4) is 0 Å². The average molecular weight is 379 g/mol. The Labute approximate surface area is 156 Å². The molecule has 3 rings (SSSR count). The van der Waals surface area contributed by atoms with Gasteiger partial charge in [-0.2, -0.15) is 5.10 Å². The predicted molar refractivity (Wildman–Crippen MR) is 103 cm³/mol. The summed E-state index contributed by atoms with van der Waals surface area (Å²) in [6, 6.07) is 0. The van der Waals surface area contributed by atoms with Gasteiger partial charge in [0.05, 0.1) is 18.4 Å². The number of anilines is 1. The maximum absolute atomic E-state index is 12.4. The van der Waals surface area contributed by atoms with Crippen molar-refractivity contribution < 1.29 is 9.53 Å². The van der Waals surface area contributed by atoms with Crippen molar-refractivity contribution in [1.29, 1.82) is 0 Å². The molecule has 134 valence electrons. The molecule has 2 N–H and O–H groups in total.